The van der Waals surface area contributed by atoms with E-state index in [0.717, 1.165) is 0 Å². The lowest BCUT2D eigenvalue weighted by molar-refractivity contribution is 0.0934. The van der Waals surface area contributed by atoms with E-state index in [0.29, 0.717) is 34.1 Å². The highest BCUT2D eigenvalue weighted by Crippen LogP contribution is 2.34. The maximum Gasteiger partial charge on any atom is 0.255 e. The molecule has 1 amide bonds. The van der Waals surface area contributed by atoms with Gasteiger partial charge in [0.25, 0.3) is 5.91 Å². The van der Waals surface area contributed by atoms with Gasteiger partial charge >= 0.3 is 0 Å². The number of hydrazine groups is 1. The van der Waals surface area contributed by atoms with Crippen molar-refractivity contribution in [3.63, 3.8) is 0 Å². The Hall–Kier alpha value is -2.39. The number of pyridine rings is 2. The molecule has 2 aromatic heterocycles. The quantitative estimate of drug-likeness (QED) is 0.347. The van der Waals surface area contributed by atoms with Crippen molar-refractivity contribution in [1.82, 2.24) is 25.7 Å². The van der Waals surface area contributed by atoms with Gasteiger partial charge in [0.1, 0.15) is 21.8 Å². The Labute approximate surface area is 216 Å². The largest absolute Gasteiger partial charge is 0.494 e. The van der Waals surface area contributed by atoms with Gasteiger partial charge in [0.2, 0.25) is 0 Å². The maximum atomic E-state index is 13.2. The molecule has 1 saturated heterocycles. The molecule has 2 aromatic rings. The van der Waals surface area contributed by atoms with Crippen LogP contribution in [0, 0.1) is 17.8 Å². The normalized spacial score (nSPS) is 18.7. The molecule has 2 unspecified atom stereocenters. The van der Waals surface area contributed by atoms with Crippen molar-refractivity contribution in [1.29, 1.82) is 0 Å². The SMILES string of the molecule is CC.CN.COc1cnc(Cl)cc1-c1cc(CO)ncc1C(=O)NC1NN(C)C(C#CC2CC2)S1. The van der Waals surface area contributed by atoms with Gasteiger partial charge in [-0.3, -0.25) is 9.78 Å². The number of aliphatic hydroxyl groups is 1. The first-order valence-electron chi connectivity index (χ1n) is 11.3. The minimum Gasteiger partial charge on any atom is -0.494 e. The third-order valence-corrected chi connectivity index (χ3v) is 6.29. The molecular weight excluding hydrogens is 488 g/mol. The minimum absolute atomic E-state index is 0.0423. The summed E-state index contributed by atoms with van der Waals surface area (Å²) in [5.41, 5.74) is 9.24. The number of hydrogen-bond donors (Lipinski definition) is 4. The Morgan fingerprint density at radius 1 is 1.29 bits per heavy atom. The smallest absolute Gasteiger partial charge is 0.255 e. The molecule has 190 valence electrons. The number of rotatable bonds is 5. The van der Waals surface area contributed by atoms with Crippen LogP contribution in [-0.2, 0) is 6.61 Å². The molecule has 1 aliphatic heterocycles. The number of nitrogens with two attached hydrogens (primary N) is 1. The second-order valence-corrected chi connectivity index (χ2v) is 8.81. The summed E-state index contributed by atoms with van der Waals surface area (Å²) in [6.07, 6.45) is 5.27. The molecule has 3 heterocycles. The van der Waals surface area contributed by atoms with E-state index < -0.39 is 0 Å². The number of hydrogen-bond acceptors (Lipinski definition) is 9. The van der Waals surface area contributed by atoms with Crippen LogP contribution in [0.5, 0.6) is 5.75 Å². The molecule has 9 nitrogen and oxygen atoms in total. The first-order valence-corrected chi connectivity index (χ1v) is 12.6. The van der Waals surface area contributed by atoms with E-state index in [1.54, 1.807) is 12.1 Å². The van der Waals surface area contributed by atoms with E-state index in [1.165, 1.54) is 51.2 Å². The molecule has 4 rings (SSSR count). The Morgan fingerprint density at radius 3 is 2.63 bits per heavy atom. The number of halogens is 1. The highest BCUT2D eigenvalue weighted by molar-refractivity contribution is 8.00. The molecular formula is C24H33ClN6O3S. The van der Waals surface area contributed by atoms with Gasteiger partial charge in [0.05, 0.1) is 31.2 Å². The number of methoxy groups -OCH3 is 1. The van der Waals surface area contributed by atoms with Gasteiger partial charge in [-0.05, 0) is 32.0 Å². The highest BCUT2D eigenvalue weighted by Gasteiger charge is 2.31. The maximum absolute atomic E-state index is 13.2. The first-order chi connectivity index (χ1) is 17.0. The van der Waals surface area contributed by atoms with Crippen LogP contribution in [0.1, 0.15) is 42.7 Å². The van der Waals surface area contributed by atoms with Gasteiger partial charge in [-0.15, -0.1) is 0 Å². The molecule has 11 heteroatoms. The number of aromatic nitrogens is 2. The summed E-state index contributed by atoms with van der Waals surface area (Å²) in [6.45, 7) is 3.74. The molecule has 0 spiro atoms. The van der Waals surface area contributed by atoms with Crippen molar-refractivity contribution in [2.75, 3.05) is 21.2 Å². The van der Waals surface area contributed by atoms with Crippen molar-refractivity contribution in [2.45, 2.75) is 44.2 Å². The van der Waals surface area contributed by atoms with Crippen molar-refractivity contribution < 1.29 is 14.6 Å². The van der Waals surface area contributed by atoms with Gasteiger partial charge < -0.3 is 20.9 Å². The summed E-state index contributed by atoms with van der Waals surface area (Å²) in [5, 5.41) is 14.6. The molecule has 5 N–H and O–H groups in total. The second-order valence-electron chi connectivity index (χ2n) is 7.23. The lowest BCUT2D eigenvalue weighted by atomic mass is 10.00. The summed E-state index contributed by atoms with van der Waals surface area (Å²) < 4.78 is 5.40. The Balaban J connectivity index is 0.00000103. The predicted octanol–water partition coefficient (Wildman–Crippen LogP) is 2.84. The third-order valence-electron chi connectivity index (χ3n) is 4.90. The zero-order chi connectivity index (χ0) is 26.0. The van der Waals surface area contributed by atoms with Crippen LogP contribution in [0.3, 0.4) is 0 Å². The summed E-state index contributed by atoms with van der Waals surface area (Å²) >= 11 is 7.62. The van der Waals surface area contributed by atoms with Gasteiger partial charge in [-0.1, -0.05) is 49.1 Å². The number of thioether (sulfide) groups is 1. The Bertz CT molecular complexity index is 1060. The van der Waals surface area contributed by atoms with Crippen LogP contribution in [0.4, 0.5) is 0 Å². The Morgan fingerprint density at radius 2 is 2.00 bits per heavy atom. The monoisotopic (exact) mass is 520 g/mol. The lowest BCUT2D eigenvalue weighted by Gasteiger charge is -2.17. The molecule has 2 fully saturated rings. The second kappa shape index (κ2) is 14.2. The first kappa shape index (κ1) is 28.8. The van der Waals surface area contributed by atoms with Crippen molar-refractivity contribution in [3.05, 3.63) is 40.9 Å². The summed E-state index contributed by atoms with van der Waals surface area (Å²) in [4.78, 5) is 21.4. The summed E-state index contributed by atoms with van der Waals surface area (Å²) in [7, 11) is 4.91. The summed E-state index contributed by atoms with van der Waals surface area (Å²) in [6, 6.07) is 3.27. The highest BCUT2D eigenvalue weighted by atomic mass is 35.5. The Kier molecular flexibility index (Phi) is 11.7. The van der Waals surface area contributed by atoms with Crippen molar-refractivity contribution in [3.8, 4) is 28.7 Å². The number of carbonyl (C=O) groups excluding carboxylic acids is 1. The van der Waals surface area contributed by atoms with Gasteiger partial charge in [0, 0.05) is 30.3 Å². The predicted molar refractivity (Wildman–Crippen MR) is 140 cm³/mol. The average molecular weight is 521 g/mol. The van der Waals surface area contributed by atoms with E-state index >= 15 is 0 Å². The van der Waals surface area contributed by atoms with Crippen LogP contribution in [-0.4, -0.2) is 58.1 Å². The fourth-order valence-corrected chi connectivity index (χ4v) is 4.29. The molecule has 1 aliphatic carbocycles. The topological polar surface area (TPSA) is 126 Å². The summed E-state index contributed by atoms with van der Waals surface area (Å²) in [5.74, 6) is 7.17. The fourth-order valence-electron chi connectivity index (χ4n) is 3.09. The van der Waals surface area contributed by atoms with E-state index in [9.17, 15) is 9.90 Å². The zero-order valence-corrected chi connectivity index (χ0v) is 22.2. The molecule has 0 aromatic carbocycles. The lowest BCUT2D eigenvalue weighted by Crippen LogP contribution is -2.44. The van der Waals surface area contributed by atoms with E-state index in [-0.39, 0.29) is 28.5 Å². The molecule has 2 aliphatic rings. The fraction of sp³-hybridized carbons (Fsp3) is 0.458. The molecule has 1 saturated carbocycles. The van der Waals surface area contributed by atoms with Crippen LogP contribution < -0.4 is 21.2 Å². The van der Waals surface area contributed by atoms with E-state index in [2.05, 4.69) is 38.3 Å². The molecule has 2 atom stereocenters. The van der Waals surface area contributed by atoms with Crippen LogP contribution in [0.15, 0.2) is 24.5 Å². The van der Waals surface area contributed by atoms with Crippen molar-refractivity contribution in [2.24, 2.45) is 11.7 Å². The van der Waals surface area contributed by atoms with Crippen LogP contribution >= 0.6 is 23.4 Å². The van der Waals surface area contributed by atoms with Crippen LogP contribution in [0.2, 0.25) is 5.15 Å². The number of ether oxygens (including phenoxy) is 1. The average Bonchev–Trinajstić information content (AvgIpc) is 3.66. The third kappa shape index (κ3) is 7.80. The number of amides is 1. The zero-order valence-electron chi connectivity index (χ0n) is 20.6. The van der Waals surface area contributed by atoms with Crippen LogP contribution in [0.25, 0.3) is 11.1 Å². The van der Waals surface area contributed by atoms with Gasteiger partial charge in [0.15, 0.2) is 0 Å². The van der Waals surface area contributed by atoms with E-state index in [4.69, 9.17) is 16.3 Å². The van der Waals surface area contributed by atoms with E-state index in [1.807, 2.05) is 25.9 Å². The number of nitrogens with zero attached hydrogens (tertiary/aromatic N) is 3. The number of aliphatic hydroxyl groups excluding tert-OH is 1. The van der Waals surface area contributed by atoms with Gasteiger partial charge in [-0.25, -0.2) is 15.4 Å². The minimum atomic E-state index is -0.343. The standard InChI is InChI=1S/C21H22ClN5O3S.C2H6.CH5N/c1-27-19(6-5-12-3-4-12)31-21(26-27)25-20(29)16-9-23-13(11-28)7-14(16)15-8-18(22)24-10-17(15)30-2;2*1-2/h7-10,12,19,21,26,28H,3-4,11H2,1-2H3,(H,25,29);1-2H3;2H2,1H3. The molecule has 0 radical (unpaired) electrons. The van der Waals surface area contributed by atoms with Crippen molar-refractivity contribution >= 4 is 29.3 Å². The molecule has 35 heavy (non-hydrogen) atoms. The molecule has 0 bridgehead atoms. The number of carbonyl (C=O) groups is 1. The number of nitrogens with one attached hydrogen (secondary N) is 2. The van der Waals surface area contributed by atoms with Gasteiger partial charge in [-0.2, -0.15) is 0 Å².